The Morgan fingerprint density at radius 3 is 2.21 bits per heavy atom. The predicted octanol–water partition coefficient (Wildman–Crippen LogP) is 1.94. The summed E-state index contributed by atoms with van der Waals surface area (Å²) in [6.07, 6.45) is 0.771. The molecule has 2 aliphatic rings. The number of likely N-dealkylation sites (tertiary alicyclic amines) is 1. The quantitative estimate of drug-likeness (QED) is 0.671. The summed E-state index contributed by atoms with van der Waals surface area (Å²) in [5.41, 5.74) is 0.914. The van der Waals surface area contributed by atoms with Gasteiger partial charge in [-0.05, 0) is 16.7 Å². The van der Waals surface area contributed by atoms with E-state index in [-0.39, 0.29) is 0 Å². The first kappa shape index (κ1) is 10.2. The third-order valence-corrected chi connectivity index (χ3v) is 4.87. The maximum atomic E-state index is 11.1. The highest BCUT2D eigenvalue weighted by atomic mass is 16.1. The molecule has 1 saturated carbocycles. The monoisotopic (exact) mass is 195 g/mol. The molecule has 0 unspecified atom stereocenters. The van der Waals surface area contributed by atoms with Crippen LogP contribution in [-0.4, -0.2) is 30.3 Å². The molecule has 2 rings (SSSR count). The minimum Gasteiger partial charge on any atom is -0.298 e. The number of hydrogen-bond acceptors (Lipinski definition) is 2. The molecule has 0 bridgehead atoms. The second-order valence-electron chi connectivity index (χ2n) is 6.02. The summed E-state index contributed by atoms with van der Waals surface area (Å²) >= 11 is 0. The van der Waals surface area contributed by atoms with Crippen molar-refractivity contribution in [1.82, 2.24) is 4.90 Å². The molecule has 1 heterocycles. The summed E-state index contributed by atoms with van der Waals surface area (Å²) in [5.74, 6) is 1.18. The highest BCUT2D eigenvalue weighted by molar-refractivity contribution is 5.82. The van der Waals surface area contributed by atoms with Crippen molar-refractivity contribution in [2.24, 2.45) is 16.7 Å². The first-order valence-corrected chi connectivity index (χ1v) is 5.60. The van der Waals surface area contributed by atoms with Crippen molar-refractivity contribution in [2.45, 2.75) is 34.1 Å². The van der Waals surface area contributed by atoms with Gasteiger partial charge in [0.15, 0.2) is 0 Å². The molecule has 0 spiro atoms. The lowest BCUT2D eigenvalue weighted by molar-refractivity contribution is -0.116. The minimum atomic E-state index is 0.418. The smallest absolute Gasteiger partial charge is 0.148 e. The molecule has 2 heteroatoms. The van der Waals surface area contributed by atoms with E-state index in [9.17, 15) is 4.79 Å². The van der Waals surface area contributed by atoms with Crippen LogP contribution in [-0.2, 0) is 4.79 Å². The van der Waals surface area contributed by atoms with Gasteiger partial charge < -0.3 is 0 Å². The van der Waals surface area contributed by atoms with Gasteiger partial charge >= 0.3 is 0 Å². The normalized spacial score (nSPS) is 31.0. The topological polar surface area (TPSA) is 20.3 Å². The zero-order valence-electron chi connectivity index (χ0n) is 9.76. The molecule has 0 aromatic carbocycles. The zero-order valence-corrected chi connectivity index (χ0v) is 9.76. The van der Waals surface area contributed by atoms with E-state index in [4.69, 9.17) is 0 Å². The van der Waals surface area contributed by atoms with E-state index < -0.39 is 0 Å². The summed E-state index contributed by atoms with van der Waals surface area (Å²) in [5, 5.41) is 0. The number of Topliss-reactive ketones (excluding diaryl/α,β-unsaturated/α-hetero) is 1. The highest BCUT2D eigenvalue weighted by Crippen LogP contribution is 2.68. The molecular weight excluding hydrogens is 174 g/mol. The molecule has 80 valence electrons. The number of carbonyl (C=O) groups is 1. The fourth-order valence-corrected chi connectivity index (χ4v) is 2.89. The molecule has 0 radical (unpaired) electrons. The second-order valence-corrected chi connectivity index (χ2v) is 6.02. The molecule has 1 aliphatic heterocycles. The van der Waals surface area contributed by atoms with Gasteiger partial charge in [0.2, 0.25) is 0 Å². The van der Waals surface area contributed by atoms with Crippen molar-refractivity contribution in [3.05, 3.63) is 0 Å². The van der Waals surface area contributed by atoms with Gasteiger partial charge in [0.25, 0.3) is 0 Å². The van der Waals surface area contributed by atoms with Crippen LogP contribution in [0.5, 0.6) is 0 Å². The predicted molar refractivity (Wildman–Crippen MR) is 57.1 cm³/mol. The van der Waals surface area contributed by atoms with Crippen LogP contribution in [0.1, 0.15) is 34.1 Å². The third-order valence-electron chi connectivity index (χ3n) is 4.87. The lowest BCUT2D eigenvalue weighted by Gasteiger charge is -2.14. The van der Waals surface area contributed by atoms with Crippen LogP contribution in [0, 0.1) is 16.7 Å². The summed E-state index contributed by atoms with van der Waals surface area (Å²) in [7, 11) is 0. The first-order chi connectivity index (χ1) is 6.35. The number of nitrogens with zero attached hydrogens (tertiary/aromatic N) is 1. The van der Waals surface area contributed by atoms with Gasteiger partial charge in [-0.1, -0.05) is 27.7 Å². The fraction of sp³-hybridized carbons (Fsp3) is 0.917. The molecule has 0 N–H and O–H groups in total. The van der Waals surface area contributed by atoms with E-state index in [1.165, 1.54) is 0 Å². The summed E-state index contributed by atoms with van der Waals surface area (Å²) in [6.45, 7) is 12.2. The number of rotatable bonds is 2. The Morgan fingerprint density at radius 2 is 1.86 bits per heavy atom. The number of carbonyl (C=O) groups excluding carboxylic acids is 1. The standard InChI is InChI=1S/C12H21NO/c1-11(2)10(12(11,3)4)8-13-6-5-9(14)7-13/h10H,5-8H2,1-4H3. The first-order valence-electron chi connectivity index (χ1n) is 5.60. The van der Waals surface area contributed by atoms with Crippen molar-refractivity contribution in [1.29, 1.82) is 0 Å². The van der Waals surface area contributed by atoms with E-state index >= 15 is 0 Å². The average molecular weight is 195 g/mol. The van der Waals surface area contributed by atoms with Gasteiger partial charge in [-0.2, -0.15) is 0 Å². The van der Waals surface area contributed by atoms with Gasteiger partial charge in [0, 0.05) is 19.5 Å². The van der Waals surface area contributed by atoms with Crippen molar-refractivity contribution >= 4 is 5.78 Å². The van der Waals surface area contributed by atoms with Crippen molar-refractivity contribution in [3.8, 4) is 0 Å². The fourth-order valence-electron chi connectivity index (χ4n) is 2.89. The van der Waals surface area contributed by atoms with E-state index in [2.05, 4.69) is 32.6 Å². The molecule has 1 aliphatic carbocycles. The Labute approximate surface area is 86.7 Å². The van der Waals surface area contributed by atoms with E-state index in [1.54, 1.807) is 0 Å². The maximum absolute atomic E-state index is 11.1. The third kappa shape index (κ3) is 1.31. The zero-order chi connectivity index (χ0) is 10.6. The number of ketones is 1. The van der Waals surface area contributed by atoms with Gasteiger partial charge in [0.1, 0.15) is 5.78 Å². The van der Waals surface area contributed by atoms with Crippen molar-refractivity contribution in [2.75, 3.05) is 19.6 Å². The Balaban J connectivity index is 1.92. The van der Waals surface area contributed by atoms with Crippen LogP contribution >= 0.6 is 0 Å². The van der Waals surface area contributed by atoms with Crippen LogP contribution in [0.3, 0.4) is 0 Å². The molecule has 0 amide bonds. The number of hydrogen-bond donors (Lipinski definition) is 0. The molecule has 14 heavy (non-hydrogen) atoms. The largest absolute Gasteiger partial charge is 0.298 e. The SMILES string of the molecule is CC1(C)C(CN2CCC(=O)C2)C1(C)C. The minimum absolute atomic E-state index is 0.418. The molecule has 0 aromatic heterocycles. The van der Waals surface area contributed by atoms with Crippen LogP contribution in [0.15, 0.2) is 0 Å². The van der Waals surface area contributed by atoms with Crippen LogP contribution in [0.2, 0.25) is 0 Å². The highest BCUT2D eigenvalue weighted by Gasteiger charge is 2.64. The van der Waals surface area contributed by atoms with Gasteiger partial charge in [0.05, 0.1) is 6.54 Å². The Hall–Kier alpha value is -0.370. The summed E-state index contributed by atoms with van der Waals surface area (Å²) < 4.78 is 0. The Bertz CT molecular complexity index is 253. The Kier molecular flexibility index (Phi) is 2.04. The van der Waals surface area contributed by atoms with Gasteiger partial charge in [-0.25, -0.2) is 0 Å². The molecule has 2 fully saturated rings. The Morgan fingerprint density at radius 1 is 1.29 bits per heavy atom. The van der Waals surface area contributed by atoms with Crippen molar-refractivity contribution in [3.63, 3.8) is 0 Å². The van der Waals surface area contributed by atoms with Crippen molar-refractivity contribution < 1.29 is 4.79 Å². The molecule has 2 nitrogen and oxygen atoms in total. The lowest BCUT2D eigenvalue weighted by atomic mass is 10.0. The summed E-state index contributed by atoms with van der Waals surface area (Å²) in [6, 6.07) is 0. The van der Waals surface area contributed by atoms with E-state index in [0.29, 0.717) is 23.2 Å². The van der Waals surface area contributed by atoms with Crippen LogP contribution in [0.4, 0.5) is 0 Å². The van der Waals surface area contributed by atoms with Crippen LogP contribution < -0.4 is 0 Å². The van der Waals surface area contributed by atoms with E-state index in [1.807, 2.05) is 0 Å². The van der Waals surface area contributed by atoms with E-state index in [0.717, 1.165) is 25.4 Å². The molecule has 1 saturated heterocycles. The lowest BCUT2D eigenvalue weighted by Crippen LogP contribution is -2.25. The van der Waals surface area contributed by atoms with Gasteiger partial charge in [-0.15, -0.1) is 0 Å². The average Bonchev–Trinajstić information content (AvgIpc) is 2.47. The summed E-state index contributed by atoms with van der Waals surface area (Å²) in [4.78, 5) is 13.5. The molecule has 0 aromatic rings. The van der Waals surface area contributed by atoms with Gasteiger partial charge in [-0.3, -0.25) is 9.69 Å². The maximum Gasteiger partial charge on any atom is 0.148 e. The second kappa shape index (κ2) is 2.82. The van der Waals surface area contributed by atoms with Crippen LogP contribution in [0.25, 0.3) is 0 Å². The molecular formula is C12H21NO. The molecule has 0 atom stereocenters.